The van der Waals surface area contributed by atoms with Gasteiger partial charge in [-0.15, -0.1) is 0 Å². The summed E-state index contributed by atoms with van der Waals surface area (Å²) in [6.45, 7) is 2.20. The van der Waals surface area contributed by atoms with Crippen molar-refractivity contribution in [1.29, 1.82) is 0 Å². The fraction of sp³-hybridized carbons (Fsp3) is 0.818. The zero-order chi connectivity index (χ0) is 12.0. The second-order valence-corrected chi connectivity index (χ2v) is 4.37. The van der Waals surface area contributed by atoms with Crippen LogP contribution in [0.1, 0.15) is 19.3 Å². The van der Waals surface area contributed by atoms with E-state index in [1.165, 1.54) is 4.90 Å². The standard InChI is InChI=1S/C11H21N3O2/c1-14(2)10(15)5-7-13-11(16)9-4-3-6-12-8-9/h9,12H,3-8H2,1-2H3,(H,13,16)/t9-/m0/s1. The van der Waals surface area contributed by atoms with Crippen LogP contribution in [0.5, 0.6) is 0 Å². The molecule has 0 unspecified atom stereocenters. The van der Waals surface area contributed by atoms with E-state index in [2.05, 4.69) is 10.6 Å². The molecule has 16 heavy (non-hydrogen) atoms. The van der Waals surface area contributed by atoms with Gasteiger partial charge >= 0.3 is 0 Å². The highest BCUT2D eigenvalue weighted by Crippen LogP contribution is 2.09. The van der Waals surface area contributed by atoms with E-state index in [9.17, 15) is 9.59 Å². The molecule has 5 nitrogen and oxygen atoms in total. The third kappa shape index (κ3) is 4.18. The lowest BCUT2D eigenvalue weighted by atomic mass is 9.99. The van der Waals surface area contributed by atoms with Crippen LogP contribution in [0.4, 0.5) is 0 Å². The van der Waals surface area contributed by atoms with Gasteiger partial charge in [-0.1, -0.05) is 0 Å². The smallest absolute Gasteiger partial charge is 0.224 e. The Labute approximate surface area is 96.6 Å². The third-order valence-corrected chi connectivity index (χ3v) is 2.80. The molecule has 1 heterocycles. The zero-order valence-electron chi connectivity index (χ0n) is 10.1. The van der Waals surface area contributed by atoms with E-state index >= 15 is 0 Å². The molecule has 0 spiro atoms. The summed E-state index contributed by atoms with van der Waals surface area (Å²) in [5.41, 5.74) is 0. The summed E-state index contributed by atoms with van der Waals surface area (Å²) >= 11 is 0. The molecule has 0 radical (unpaired) electrons. The first-order valence-corrected chi connectivity index (χ1v) is 5.80. The lowest BCUT2D eigenvalue weighted by Crippen LogP contribution is -2.41. The molecule has 2 amide bonds. The molecule has 1 aliphatic heterocycles. The van der Waals surface area contributed by atoms with Crippen LogP contribution in [0.15, 0.2) is 0 Å². The third-order valence-electron chi connectivity index (χ3n) is 2.80. The van der Waals surface area contributed by atoms with Crippen molar-refractivity contribution in [2.75, 3.05) is 33.7 Å². The number of hydrogen-bond donors (Lipinski definition) is 2. The lowest BCUT2D eigenvalue weighted by molar-refractivity contribution is -0.129. The van der Waals surface area contributed by atoms with Gasteiger partial charge in [0.15, 0.2) is 0 Å². The van der Waals surface area contributed by atoms with Crippen molar-refractivity contribution < 1.29 is 9.59 Å². The summed E-state index contributed by atoms with van der Waals surface area (Å²) in [5, 5.41) is 6.01. The average Bonchev–Trinajstić information content (AvgIpc) is 2.29. The van der Waals surface area contributed by atoms with E-state index in [0.29, 0.717) is 13.0 Å². The normalized spacial score (nSPS) is 20.2. The van der Waals surface area contributed by atoms with Gasteiger partial charge in [0.05, 0.1) is 5.92 Å². The minimum absolute atomic E-state index is 0.0436. The molecule has 1 aliphatic rings. The Bertz CT molecular complexity index is 248. The minimum Gasteiger partial charge on any atom is -0.355 e. The van der Waals surface area contributed by atoms with Crippen molar-refractivity contribution in [3.63, 3.8) is 0 Å². The van der Waals surface area contributed by atoms with Crippen LogP contribution >= 0.6 is 0 Å². The first-order valence-electron chi connectivity index (χ1n) is 5.80. The number of nitrogens with one attached hydrogen (secondary N) is 2. The molecule has 1 fully saturated rings. The van der Waals surface area contributed by atoms with Gasteiger partial charge in [0.25, 0.3) is 0 Å². The summed E-state index contributed by atoms with van der Waals surface area (Å²) in [6.07, 6.45) is 2.37. The molecule has 0 bridgehead atoms. The quantitative estimate of drug-likeness (QED) is 0.686. The van der Waals surface area contributed by atoms with E-state index in [-0.39, 0.29) is 17.7 Å². The predicted octanol–water partition coefficient (Wildman–Crippen LogP) is -0.419. The monoisotopic (exact) mass is 227 g/mol. The number of rotatable bonds is 4. The number of carbonyl (C=O) groups excluding carboxylic acids is 2. The molecule has 1 atom stereocenters. The van der Waals surface area contributed by atoms with E-state index in [1.54, 1.807) is 14.1 Å². The van der Waals surface area contributed by atoms with Crippen LogP contribution in [0.25, 0.3) is 0 Å². The molecule has 1 rings (SSSR count). The Morgan fingerprint density at radius 2 is 2.19 bits per heavy atom. The molecule has 0 aliphatic carbocycles. The maximum Gasteiger partial charge on any atom is 0.224 e. The highest BCUT2D eigenvalue weighted by atomic mass is 16.2. The minimum atomic E-state index is 0.0436. The van der Waals surface area contributed by atoms with Gasteiger partial charge in [0.1, 0.15) is 0 Å². The van der Waals surface area contributed by atoms with Gasteiger partial charge in [-0.3, -0.25) is 9.59 Å². The number of amides is 2. The number of carbonyl (C=O) groups is 2. The largest absolute Gasteiger partial charge is 0.355 e. The lowest BCUT2D eigenvalue weighted by Gasteiger charge is -2.21. The van der Waals surface area contributed by atoms with Crippen LogP contribution in [0.3, 0.4) is 0 Å². The molecule has 92 valence electrons. The number of nitrogens with zero attached hydrogens (tertiary/aromatic N) is 1. The summed E-state index contributed by atoms with van der Waals surface area (Å²) in [6, 6.07) is 0. The zero-order valence-corrected chi connectivity index (χ0v) is 10.1. The molecule has 5 heteroatoms. The van der Waals surface area contributed by atoms with Gasteiger partial charge in [0, 0.05) is 33.6 Å². The molecule has 0 aromatic carbocycles. The number of hydrogen-bond acceptors (Lipinski definition) is 3. The highest BCUT2D eigenvalue weighted by molar-refractivity contribution is 5.80. The van der Waals surface area contributed by atoms with Crippen molar-refractivity contribution in [3.05, 3.63) is 0 Å². The SMILES string of the molecule is CN(C)C(=O)CCNC(=O)[C@H]1CCCNC1. The second kappa shape index (κ2) is 6.48. The van der Waals surface area contributed by atoms with E-state index in [4.69, 9.17) is 0 Å². The maximum atomic E-state index is 11.7. The summed E-state index contributed by atoms with van der Waals surface area (Å²) in [7, 11) is 3.43. The summed E-state index contributed by atoms with van der Waals surface area (Å²) in [4.78, 5) is 24.5. The van der Waals surface area contributed by atoms with Crippen LogP contribution < -0.4 is 10.6 Å². The second-order valence-electron chi connectivity index (χ2n) is 4.37. The van der Waals surface area contributed by atoms with E-state index in [0.717, 1.165) is 25.9 Å². The molecule has 0 aromatic rings. The Morgan fingerprint density at radius 3 is 2.75 bits per heavy atom. The molecule has 2 N–H and O–H groups in total. The molecule has 1 saturated heterocycles. The Kier molecular flexibility index (Phi) is 5.25. The first kappa shape index (κ1) is 13.0. The topological polar surface area (TPSA) is 61.4 Å². The molecular formula is C11H21N3O2. The molecule has 0 saturated carbocycles. The summed E-state index contributed by atoms with van der Waals surface area (Å²) < 4.78 is 0. The Morgan fingerprint density at radius 1 is 1.44 bits per heavy atom. The van der Waals surface area contributed by atoms with Gasteiger partial charge in [0.2, 0.25) is 11.8 Å². The van der Waals surface area contributed by atoms with Crippen molar-refractivity contribution in [2.24, 2.45) is 5.92 Å². The maximum absolute atomic E-state index is 11.7. The Balaban J connectivity index is 2.17. The van der Waals surface area contributed by atoms with Gasteiger partial charge in [-0.2, -0.15) is 0 Å². The van der Waals surface area contributed by atoms with E-state index < -0.39 is 0 Å². The average molecular weight is 227 g/mol. The molecular weight excluding hydrogens is 206 g/mol. The fourth-order valence-corrected chi connectivity index (χ4v) is 1.74. The van der Waals surface area contributed by atoms with Crippen molar-refractivity contribution in [1.82, 2.24) is 15.5 Å². The van der Waals surface area contributed by atoms with Crippen LogP contribution in [-0.4, -0.2) is 50.4 Å². The van der Waals surface area contributed by atoms with Crippen molar-refractivity contribution >= 4 is 11.8 Å². The highest BCUT2D eigenvalue weighted by Gasteiger charge is 2.20. The fourth-order valence-electron chi connectivity index (χ4n) is 1.74. The molecule has 0 aromatic heterocycles. The van der Waals surface area contributed by atoms with Crippen LogP contribution in [0.2, 0.25) is 0 Å². The van der Waals surface area contributed by atoms with Gasteiger partial charge < -0.3 is 15.5 Å². The van der Waals surface area contributed by atoms with Crippen molar-refractivity contribution in [3.8, 4) is 0 Å². The van der Waals surface area contributed by atoms with Crippen LogP contribution in [-0.2, 0) is 9.59 Å². The predicted molar refractivity (Wildman–Crippen MR) is 61.9 cm³/mol. The van der Waals surface area contributed by atoms with Gasteiger partial charge in [-0.05, 0) is 19.4 Å². The van der Waals surface area contributed by atoms with Crippen LogP contribution in [0, 0.1) is 5.92 Å². The van der Waals surface area contributed by atoms with Crippen molar-refractivity contribution in [2.45, 2.75) is 19.3 Å². The summed E-state index contributed by atoms with van der Waals surface area (Å²) in [5.74, 6) is 0.184. The first-order chi connectivity index (χ1) is 7.61. The Hall–Kier alpha value is -1.10. The van der Waals surface area contributed by atoms with Gasteiger partial charge in [-0.25, -0.2) is 0 Å². The number of piperidine rings is 1. The van der Waals surface area contributed by atoms with E-state index in [1.807, 2.05) is 0 Å².